The van der Waals surface area contributed by atoms with Gasteiger partial charge in [0.15, 0.2) is 0 Å². The Balaban J connectivity index is 2.46. The third kappa shape index (κ3) is 2.95. The molecule has 0 fully saturated rings. The fourth-order valence-corrected chi connectivity index (χ4v) is 1.04. The SMILES string of the molecule is CCCOC1=CCC=C(C)C=C1. The first-order valence-corrected chi connectivity index (χ1v) is 4.50. The summed E-state index contributed by atoms with van der Waals surface area (Å²) in [4.78, 5) is 0. The van der Waals surface area contributed by atoms with Gasteiger partial charge in [0.05, 0.1) is 6.61 Å². The molecule has 0 radical (unpaired) electrons. The molecule has 0 saturated heterocycles. The van der Waals surface area contributed by atoms with E-state index in [-0.39, 0.29) is 0 Å². The van der Waals surface area contributed by atoms with Crippen LogP contribution in [0.2, 0.25) is 0 Å². The molecule has 0 bridgehead atoms. The van der Waals surface area contributed by atoms with E-state index >= 15 is 0 Å². The minimum atomic E-state index is 0.815. The van der Waals surface area contributed by atoms with Crippen LogP contribution in [-0.2, 0) is 4.74 Å². The molecule has 0 saturated carbocycles. The highest BCUT2D eigenvalue weighted by Crippen LogP contribution is 2.10. The molecule has 0 aromatic carbocycles. The zero-order valence-electron chi connectivity index (χ0n) is 7.84. The van der Waals surface area contributed by atoms with Gasteiger partial charge < -0.3 is 4.74 Å². The van der Waals surface area contributed by atoms with Crippen molar-refractivity contribution < 1.29 is 4.74 Å². The molecule has 0 heterocycles. The fraction of sp³-hybridized carbons (Fsp3) is 0.455. The molecule has 0 spiro atoms. The third-order valence-corrected chi connectivity index (χ3v) is 1.74. The molecule has 1 aliphatic carbocycles. The van der Waals surface area contributed by atoms with E-state index < -0.39 is 0 Å². The van der Waals surface area contributed by atoms with Gasteiger partial charge >= 0.3 is 0 Å². The summed E-state index contributed by atoms with van der Waals surface area (Å²) < 4.78 is 5.50. The average molecular weight is 164 g/mol. The molecular weight excluding hydrogens is 148 g/mol. The first-order chi connectivity index (χ1) is 5.83. The topological polar surface area (TPSA) is 9.23 Å². The zero-order chi connectivity index (χ0) is 8.81. The molecule has 0 aromatic rings. The quantitative estimate of drug-likeness (QED) is 0.622. The summed E-state index contributed by atoms with van der Waals surface area (Å²) in [6, 6.07) is 0. The lowest BCUT2D eigenvalue weighted by Gasteiger charge is -2.03. The second-order valence-corrected chi connectivity index (χ2v) is 2.97. The fourth-order valence-electron chi connectivity index (χ4n) is 1.04. The van der Waals surface area contributed by atoms with Crippen molar-refractivity contribution in [3.63, 3.8) is 0 Å². The molecule has 1 heteroatoms. The normalized spacial score (nSPS) is 16.5. The van der Waals surface area contributed by atoms with Crippen LogP contribution in [0.3, 0.4) is 0 Å². The van der Waals surface area contributed by atoms with E-state index in [0.29, 0.717) is 0 Å². The maximum atomic E-state index is 5.50. The molecule has 0 atom stereocenters. The highest BCUT2D eigenvalue weighted by Gasteiger charge is 1.95. The van der Waals surface area contributed by atoms with Gasteiger partial charge in [-0.1, -0.05) is 24.6 Å². The van der Waals surface area contributed by atoms with E-state index in [1.807, 2.05) is 6.08 Å². The monoisotopic (exact) mass is 164 g/mol. The van der Waals surface area contributed by atoms with Crippen LogP contribution >= 0.6 is 0 Å². The Morgan fingerprint density at radius 3 is 2.92 bits per heavy atom. The molecule has 0 aliphatic heterocycles. The lowest BCUT2D eigenvalue weighted by Crippen LogP contribution is -1.90. The van der Waals surface area contributed by atoms with Crippen LogP contribution in [-0.4, -0.2) is 6.61 Å². The van der Waals surface area contributed by atoms with Gasteiger partial charge in [0.2, 0.25) is 0 Å². The highest BCUT2D eigenvalue weighted by molar-refractivity contribution is 5.27. The van der Waals surface area contributed by atoms with E-state index in [0.717, 1.165) is 25.2 Å². The minimum Gasteiger partial charge on any atom is -0.494 e. The Morgan fingerprint density at radius 1 is 1.33 bits per heavy atom. The smallest absolute Gasteiger partial charge is 0.115 e. The Kier molecular flexibility index (Phi) is 3.65. The van der Waals surface area contributed by atoms with E-state index in [4.69, 9.17) is 4.74 Å². The summed E-state index contributed by atoms with van der Waals surface area (Å²) in [6.45, 7) is 5.03. The van der Waals surface area contributed by atoms with Crippen LogP contribution in [0, 0.1) is 0 Å². The van der Waals surface area contributed by atoms with Gasteiger partial charge in [-0.15, -0.1) is 0 Å². The van der Waals surface area contributed by atoms with Crippen LogP contribution in [0.15, 0.2) is 35.6 Å². The summed E-state index contributed by atoms with van der Waals surface area (Å²) >= 11 is 0. The van der Waals surface area contributed by atoms with Crippen LogP contribution in [0.5, 0.6) is 0 Å². The maximum absolute atomic E-state index is 5.50. The van der Waals surface area contributed by atoms with Crippen molar-refractivity contribution >= 4 is 0 Å². The summed E-state index contributed by atoms with van der Waals surface area (Å²) in [5, 5.41) is 0. The molecule has 0 unspecified atom stereocenters. The van der Waals surface area contributed by atoms with Gasteiger partial charge in [-0.25, -0.2) is 0 Å². The van der Waals surface area contributed by atoms with Crippen molar-refractivity contribution in [2.45, 2.75) is 26.7 Å². The lowest BCUT2D eigenvalue weighted by atomic mass is 10.2. The Hall–Kier alpha value is -0.980. The summed E-state index contributed by atoms with van der Waals surface area (Å²) in [7, 11) is 0. The predicted octanol–water partition coefficient (Wildman–Crippen LogP) is 3.20. The molecule has 0 aromatic heterocycles. The maximum Gasteiger partial charge on any atom is 0.115 e. The van der Waals surface area contributed by atoms with Crippen LogP contribution < -0.4 is 0 Å². The Morgan fingerprint density at radius 2 is 2.17 bits per heavy atom. The minimum absolute atomic E-state index is 0.815. The Labute approximate surface area is 74.4 Å². The van der Waals surface area contributed by atoms with Crippen molar-refractivity contribution in [3.8, 4) is 0 Å². The Bertz CT molecular complexity index is 221. The van der Waals surface area contributed by atoms with E-state index in [9.17, 15) is 0 Å². The molecular formula is C11H16O. The second-order valence-electron chi connectivity index (χ2n) is 2.97. The first-order valence-electron chi connectivity index (χ1n) is 4.50. The van der Waals surface area contributed by atoms with Crippen molar-refractivity contribution in [1.29, 1.82) is 0 Å². The molecule has 66 valence electrons. The van der Waals surface area contributed by atoms with E-state index in [1.54, 1.807) is 0 Å². The van der Waals surface area contributed by atoms with Gasteiger partial charge in [-0.2, -0.15) is 0 Å². The lowest BCUT2D eigenvalue weighted by molar-refractivity contribution is 0.224. The van der Waals surface area contributed by atoms with Crippen molar-refractivity contribution in [2.75, 3.05) is 6.61 Å². The number of rotatable bonds is 3. The average Bonchev–Trinajstić information content (AvgIpc) is 2.27. The molecule has 0 N–H and O–H groups in total. The largest absolute Gasteiger partial charge is 0.494 e. The van der Waals surface area contributed by atoms with Crippen LogP contribution in [0.1, 0.15) is 26.7 Å². The summed E-state index contributed by atoms with van der Waals surface area (Å²) in [6.07, 6.45) is 10.5. The molecule has 12 heavy (non-hydrogen) atoms. The first kappa shape index (κ1) is 9.11. The summed E-state index contributed by atoms with van der Waals surface area (Å²) in [5.41, 5.74) is 1.31. The van der Waals surface area contributed by atoms with E-state index in [1.165, 1.54) is 5.57 Å². The van der Waals surface area contributed by atoms with Crippen LogP contribution in [0.4, 0.5) is 0 Å². The number of hydrogen-bond donors (Lipinski definition) is 0. The third-order valence-electron chi connectivity index (χ3n) is 1.74. The standard InChI is InChI=1S/C11H16O/c1-3-9-12-11-6-4-5-10(2)7-8-11/h5-8H,3-4,9H2,1-2H3. The second kappa shape index (κ2) is 4.81. The molecule has 1 nitrogen and oxygen atoms in total. The van der Waals surface area contributed by atoms with Gasteiger partial charge in [0.25, 0.3) is 0 Å². The number of ether oxygens (including phenoxy) is 1. The van der Waals surface area contributed by atoms with Crippen molar-refractivity contribution in [2.24, 2.45) is 0 Å². The zero-order valence-corrected chi connectivity index (χ0v) is 7.84. The molecule has 1 aliphatic rings. The number of hydrogen-bond acceptors (Lipinski definition) is 1. The predicted molar refractivity (Wildman–Crippen MR) is 51.8 cm³/mol. The highest BCUT2D eigenvalue weighted by atomic mass is 16.5. The van der Waals surface area contributed by atoms with Crippen LogP contribution in [0.25, 0.3) is 0 Å². The molecule has 0 amide bonds. The number of allylic oxidation sites excluding steroid dienone is 5. The van der Waals surface area contributed by atoms with E-state index in [2.05, 4.69) is 32.1 Å². The van der Waals surface area contributed by atoms with Crippen molar-refractivity contribution in [1.82, 2.24) is 0 Å². The van der Waals surface area contributed by atoms with Gasteiger partial charge in [-0.05, 0) is 31.9 Å². The van der Waals surface area contributed by atoms with Crippen molar-refractivity contribution in [3.05, 3.63) is 35.6 Å². The summed E-state index contributed by atoms with van der Waals surface area (Å²) in [5.74, 6) is 1.00. The molecule has 1 rings (SSSR count). The van der Waals surface area contributed by atoms with Gasteiger partial charge in [0.1, 0.15) is 5.76 Å². The van der Waals surface area contributed by atoms with Gasteiger partial charge in [0, 0.05) is 0 Å². The van der Waals surface area contributed by atoms with Gasteiger partial charge in [-0.3, -0.25) is 0 Å².